The molecular weight excluding hydrogens is 413 g/mol. The largest absolute Gasteiger partial charge is 0.497 e. The van der Waals surface area contributed by atoms with Crippen LogP contribution >= 0.6 is 0 Å². The van der Waals surface area contributed by atoms with E-state index >= 15 is 0 Å². The van der Waals surface area contributed by atoms with Crippen molar-refractivity contribution in [3.05, 3.63) is 77.5 Å². The van der Waals surface area contributed by atoms with Crippen molar-refractivity contribution in [1.82, 2.24) is 5.32 Å². The summed E-state index contributed by atoms with van der Waals surface area (Å²) in [7, 11) is 1.61. The van der Waals surface area contributed by atoms with E-state index in [1.54, 1.807) is 21.0 Å². The number of aryl methyl sites for hydroxylation is 1. The Morgan fingerprint density at radius 1 is 1.12 bits per heavy atom. The molecule has 32 heavy (non-hydrogen) atoms. The lowest BCUT2D eigenvalue weighted by molar-refractivity contribution is -0.121. The van der Waals surface area contributed by atoms with Gasteiger partial charge in [0.25, 0.3) is 5.91 Å². The molecule has 8 heteroatoms. The van der Waals surface area contributed by atoms with E-state index in [0.717, 1.165) is 11.3 Å². The second-order valence-corrected chi connectivity index (χ2v) is 7.29. The van der Waals surface area contributed by atoms with E-state index in [4.69, 9.17) is 9.15 Å². The molecule has 0 aliphatic rings. The lowest BCUT2D eigenvalue weighted by atomic mass is 10.1. The van der Waals surface area contributed by atoms with Crippen molar-refractivity contribution < 1.29 is 23.1 Å². The maximum absolute atomic E-state index is 14.2. The highest BCUT2D eigenvalue weighted by Crippen LogP contribution is 2.22. The van der Waals surface area contributed by atoms with Gasteiger partial charge in [-0.3, -0.25) is 9.59 Å². The molecule has 3 N–H and O–H groups in total. The van der Waals surface area contributed by atoms with Crippen LogP contribution in [0.3, 0.4) is 0 Å². The number of carbonyl (C=O) groups is 2. The molecule has 0 spiro atoms. The van der Waals surface area contributed by atoms with Crippen LogP contribution in [0.15, 0.2) is 59.2 Å². The minimum Gasteiger partial charge on any atom is -0.497 e. The highest BCUT2D eigenvalue weighted by atomic mass is 19.1. The summed E-state index contributed by atoms with van der Waals surface area (Å²) in [5.74, 6) is -0.0248. The third kappa shape index (κ3) is 5.87. The Bertz CT molecular complexity index is 1080. The molecule has 0 bridgehead atoms. The zero-order valence-electron chi connectivity index (χ0n) is 18.2. The molecule has 168 valence electrons. The number of methoxy groups -OCH3 is 1. The van der Waals surface area contributed by atoms with E-state index in [2.05, 4.69) is 16.0 Å². The van der Waals surface area contributed by atoms with Gasteiger partial charge in [-0.15, -0.1) is 0 Å². The van der Waals surface area contributed by atoms with Gasteiger partial charge in [-0.1, -0.05) is 12.1 Å². The predicted octanol–water partition coefficient (Wildman–Crippen LogP) is 4.15. The first-order valence-corrected chi connectivity index (χ1v) is 10.2. The molecule has 3 aromatic rings. The van der Waals surface area contributed by atoms with Crippen LogP contribution in [-0.4, -0.2) is 31.5 Å². The summed E-state index contributed by atoms with van der Waals surface area (Å²) in [6.45, 7) is 3.84. The molecule has 3 rings (SSSR count). The SMILES string of the molecule is COc1ccc(CCNC(=O)C(C)Nc2ccc(F)c(NC(=O)c3ccoc3C)c2)cc1. The van der Waals surface area contributed by atoms with Crippen LogP contribution in [0.2, 0.25) is 0 Å². The Balaban J connectivity index is 1.54. The number of ether oxygens (including phenoxy) is 1. The lowest BCUT2D eigenvalue weighted by Gasteiger charge is -2.16. The van der Waals surface area contributed by atoms with Crippen LogP contribution in [0.4, 0.5) is 15.8 Å². The van der Waals surface area contributed by atoms with Gasteiger partial charge in [0.05, 0.1) is 24.6 Å². The molecule has 1 aromatic heterocycles. The van der Waals surface area contributed by atoms with Crippen LogP contribution in [0.5, 0.6) is 5.75 Å². The fraction of sp³-hybridized carbons (Fsp3) is 0.250. The summed E-state index contributed by atoms with van der Waals surface area (Å²) in [5, 5.41) is 8.44. The summed E-state index contributed by atoms with van der Waals surface area (Å²) >= 11 is 0. The monoisotopic (exact) mass is 439 g/mol. The molecular formula is C24H26FN3O4. The van der Waals surface area contributed by atoms with Crippen LogP contribution < -0.4 is 20.7 Å². The number of furan rings is 1. The van der Waals surface area contributed by atoms with Gasteiger partial charge in [0.2, 0.25) is 5.91 Å². The molecule has 0 fully saturated rings. The van der Waals surface area contributed by atoms with Gasteiger partial charge in [0, 0.05) is 12.2 Å². The van der Waals surface area contributed by atoms with E-state index in [-0.39, 0.29) is 11.6 Å². The first-order chi connectivity index (χ1) is 15.4. The van der Waals surface area contributed by atoms with Gasteiger partial charge < -0.3 is 25.1 Å². The lowest BCUT2D eigenvalue weighted by Crippen LogP contribution is -2.38. The number of carbonyl (C=O) groups excluding carboxylic acids is 2. The van der Waals surface area contributed by atoms with E-state index in [1.165, 1.54) is 30.5 Å². The zero-order valence-corrected chi connectivity index (χ0v) is 18.2. The maximum atomic E-state index is 14.2. The molecule has 0 saturated heterocycles. The number of benzene rings is 2. The zero-order chi connectivity index (χ0) is 23.1. The van der Waals surface area contributed by atoms with Crippen molar-refractivity contribution in [3.63, 3.8) is 0 Å². The van der Waals surface area contributed by atoms with Gasteiger partial charge >= 0.3 is 0 Å². The van der Waals surface area contributed by atoms with Gasteiger partial charge in [0.15, 0.2) is 0 Å². The number of anilines is 2. The highest BCUT2D eigenvalue weighted by molar-refractivity contribution is 6.05. The van der Waals surface area contributed by atoms with Gasteiger partial charge in [-0.05, 0) is 62.2 Å². The highest BCUT2D eigenvalue weighted by Gasteiger charge is 2.16. The smallest absolute Gasteiger partial charge is 0.259 e. The number of nitrogens with one attached hydrogen (secondary N) is 3. The van der Waals surface area contributed by atoms with Crippen molar-refractivity contribution in [2.24, 2.45) is 0 Å². The van der Waals surface area contributed by atoms with Crippen molar-refractivity contribution in [2.45, 2.75) is 26.3 Å². The molecule has 1 heterocycles. The van der Waals surface area contributed by atoms with Crippen molar-refractivity contribution in [1.29, 1.82) is 0 Å². The molecule has 0 aliphatic carbocycles. The maximum Gasteiger partial charge on any atom is 0.259 e. The van der Waals surface area contributed by atoms with Crippen molar-refractivity contribution in [2.75, 3.05) is 24.3 Å². The number of amides is 2. The first kappa shape index (κ1) is 22.9. The number of hydrogen-bond acceptors (Lipinski definition) is 5. The van der Waals surface area contributed by atoms with Crippen LogP contribution in [0, 0.1) is 12.7 Å². The standard InChI is InChI=1S/C24H26FN3O4/c1-15(23(29)26-12-10-17-4-7-19(31-3)8-5-17)27-18-6-9-21(25)22(14-18)28-24(30)20-11-13-32-16(20)2/h4-9,11,13-15,27H,10,12H2,1-3H3,(H,26,29)(H,28,30). The Labute approximate surface area is 186 Å². The van der Waals surface area contributed by atoms with E-state index in [0.29, 0.717) is 30.0 Å². The van der Waals surface area contributed by atoms with Crippen molar-refractivity contribution in [3.8, 4) is 5.75 Å². The first-order valence-electron chi connectivity index (χ1n) is 10.2. The number of rotatable bonds is 9. The molecule has 0 saturated carbocycles. The number of halogens is 1. The fourth-order valence-electron chi connectivity index (χ4n) is 3.11. The Morgan fingerprint density at radius 3 is 2.53 bits per heavy atom. The van der Waals surface area contributed by atoms with Crippen LogP contribution in [-0.2, 0) is 11.2 Å². The quantitative estimate of drug-likeness (QED) is 0.466. The predicted molar refractivity (Wildman–Crippen MR) is 121 cm³/mol. The molecule has 2 aromatic carbocycles. The summed E-state index contributed by atoms with van der Waals surface area (Å²) in [4.78, 5) is 24.7. The average Bonchev–Trinajstić information content (AvgIpc) is 3.22. The second kappa shape index (κ2) is 10.5. The molecule has 1 unspecified atom stereocenters. The fourth-order valence-corrected chi connectivity index (χ4v) is 3.11. The Morgan fingerprint density at radius 2 is 1.88 bits per heavy atom. The topological polar surface area (TPSA) is 92.6 Å². The second-order valence-electron chi connectivity index (χ2n) is 7.29. The van der Waals surface area contributed by atoms with E-state index in [1.807, 2.05) is 24.3 Å². The van der Waals surface area contributed by atoms with Gasteiger partial charge in [-0.2, -0.15) is 0 Å². The molecule has 0 radical (unpaired) electrons. The van der Waals surface area contributed by atoms with Gasteiger partial charge in [-0.25, -0.2) is 4.39 Å². The molecule has 1 atom stereocenters. The molecule has 7 nitrogen and oxygen atoms in total. The molecule has 2 amide bonds. The third-order valence-corrected chi connectivity index (χ3v) is 4.97. The average molecular weight is 439 g/mol. The summed E-state index contributed by atoms with van der Waals surface area (Å²) in [5.41, 5.74) is 1.92. The Kier molecular flexibility index (Phi) is 7.49. The van der Waals surface area contributed by atoms with Crippen LogP contribution in [0.25, 0.3) is 0 Å². The third-order valence-electron chi connectivity index (χ3n) is 4.97. The van der Waals surface area contributed by atoms with Crippen molar-refractivity contribution >= 4 is 23.2 Å². The van der Waals surface area contributed by atoms with Crippen LogP contribution in [0.1, 0.15) is 28.6 Å². The normalized spacial score (nSPS) is 11.5. The Hall–Kier alpha value is -3.81. The van der Waals surface area contributed by atoms with E-state index < -0.39 is 17.8 Å². The molecule has 0 aliphatic heterocycles. The van der Waals surface area contributed by atoms with Gasteiger partial charge in [0.1, 0.15) is 23.4 Å². The number of hydrogen-bond donors (Lipinski definition) is 3. The summed E-state index contributed by atoms with van der Waals surface area (Å²) < 4.78 is 24.4. The minimum atomic E-state index is -0.582. The summed E-state index contributed by atoms with van der Waals surface area (Å²) in [6, 6.07) is 12.8. The van der Waals surface area contributed by atoms with E-state index in [9.17, 15) is 14.0 Å². The summed E-state index contributed by atoms with van der Waals surface area (Å²) in [6.07, 6.45) is 2.08. The minimum absolute atomic E-state index is 0.00714.